The molecular weight excluding hydrogens is 372 g/mol. The number of thioether (sulfide) groups is 1. The van der Waals surface area contributed by atoms with E-state index in [-0.39, 0.29) is 11.8 Å². The van der Waals surface area contributed by atoms with E-state index in [2.05, 4.69) is 36.3 Å². The number of hydrogen-bond acceptors (Lipinski definition) is 5. The molecule has 1 N–H and O–H groups in total. The molecule has 0 radical (unpaired) electrons. The summed E-state index contributed by atoms with van der Waals surface area (Å²) in [6, 6.07) is 11.8. The monoisotopic (exact) mass is 400 g/mol. The van der Waals surface area contributed by atoms with Crippen LogP contribution in [0.15, 0.2) is 42.6 Å². The molecule has 28 heavy (non-hydrogen) atoms. The summed E-state index contributed by atoms with van der Waals surface area (Å²) < 4.78 is 5.07. The van der Waals surface area contributed by atoms with E-state index in [1.165, 1.54) is 5.56 Å². The molecule has 2 rings (SSSR count). The summed E-state index contributed by atoms with van der Waals surface area (Å²) in [6.07, 6.45) is 3.36. The van der Waals surface area contributed by atoms with Gasteiger partial charge in [0.15, 0.2) is 5.62 Å². The van der Waals surface area contributed by atoms with Crippen molar-refractivity contribution >= 4 is 23.3 Å². The molecule has 2 aromatic rings. The summed E-state index contributed by atoms with van der Waals surface area (Å²) in [6.45, 7) is 6.51. The molecule has 0 saturated heterocycles. The van der Waals surface area contributed by atoms with E-state index >= 15 is 0 Å². The van der Waals surface area contributed by atoms with Gasteiger partial charge in [0.05, 0.1) is 6.61 Å². The van der Waals surface area contributed by atoms with Crippen molar-refractivity contribution in [2.24, 2.45) is 0 Å². The lowest BCUT2D eigenvalue weighted by atomic mass is 9.99. The molecule has 5 nitrogen and oxygen atoms in total. The smallest absolute Gasteiger partial charge is 0.236 e. The van der Waals surface area contributed by atoms with Crippen molar-refractivity contribution in [3.63, 3.8) is 0 Å². The molecule has 2 unspecified atom stereocenters. The third-order valence-corrected chi connectivity index (χ3v) is 5.69. The lowest BCUT2D eigenvalue weighted by Gasteiger charge is -2.24. The molecular formula is C22H28N2O3S. The number of ether oxygens (including phenoxy) is 1. The average molecular weight is 401 g/mol. The van der Waals surface area contributed by atoms with Gasteiger partial charge in [-0.05, 0) is 49.1 Å². The van der Waals surface area contributed by atoms with Crippen LogP contribution in [0.2, 0.25) is 0 Å². The molecule has 6 heteroatoms. The maximum absolute atomic E-state index is 12.1. The first-order valence-corrected chi connectivity index (χ1v) is 10.3. The molecule has 2 atom stereocenters. The first kappa shape index (κ1) is 22.0. The van der Waals surface area contributed by atoms with E-state index in [0.717, 1.165) is 40.8 Å². The van der Waals surface area contributed by atoms with E-state index in [9.17, 15) is 9.59 Å². The molecule has 150 valence electrons. The molecule has 0 aliphatic rings. The zero-order chi connectivity index (χ0) is 20.6. The predicted octanol–water partition coefficient (Wildman–Crippen LogP) is 3.80. The van der Waals surface area contributed by atoms with Crippen LogP contribution in [0.1, 0.15) is 43.5 Å². The van der Waals surface area contributed by atoms with Crippen molar-refractivity contribution < 1.29 is 14.3 Å². The summed E-state index contributed by atoms with van der Waals surface area (Å²) in [5.41, 5.74) is 3.93. The maximum atomic E-state index is 12.1. The molecule has 1 heterocycles. The molecule has 1 amide bonds. The number of rotatable bonds is 10. The number of amides is 1. The summed E-state index contributed by atoms with van der Waals surface area (Å²) >= 11 is 0.994. The van der Waals surface area contributed by atoms with Crippen molar-refractivity contribution in [3.8, 4) is 5.75 Å². The van der Waals surface area contributed by atoms with Crippen LogP contribution in [0.4, 0.5) is 0 Å². The highest BCUT2D eigenvalue weighted by molar-refractivity contribution is 8.13. The lowest BCUT2D eigenvalue weighted by Crippen LogP contribution is -2.42. The van der Waals surface area contributed by atoms with Crippen molar-refractivity contribution in [2.75, 3.05) is 13.7 Å². The second-order valence-corrected chi connectivity index (χ2v) is 8.33. The lowest BCUT2D eigenvalue weighted by molar-refractivity contribution is -0.122. The van der Waals surface area contributed by atoms with Gasteiger partial charge >= 0.3 is 0 Å². The first-order valence-electron chi connectivity index (χ1n) is 9.42. The van der Waals surface area contributed by atoms with Gasteiger partial charge in [-0.3, -0.25) is 14.6 Å². The standard InChI is InChI=1S/C22H28N2O3S/c1-5-17-8-11-20(24-13-17)16(2)14-27-19-9-6-18(7-10-19)12-22(3,28-15-25)21(26)23-4/h6-11,13,15-16H,5,12,14H2,1-4H3,(H,23,26). The molecule has 1 aromatic carbocycles. The van der Waals surface area contributed by atoms with Gasteiger partial charge in [0.1, 0.15) is 10.5 Å². The number of benzene rings is 1. The Balaban J connectivity index is 1.96. The van der Waals surface area contributed by atoms with Gasteiger partial charge in [-0.1, -0.05) is 43.8 Å². The van der Waals surface area contributed by atoms with Crippen molar-refractivity contribution in [2.45, 2.75) is 44.3 Å². The van der Waals surface area contributed by atoms with Crippen LogP contribution < -0.4 is 10.1 Å². The third kappa shape index (κ3) is 5.83. The van der Waals surface area contributed by atoms with Gasteiger partial charge in [-0.25, -0.2) is 0 Å². The highest BCUT2D eigenvalue weighted by Crippen LogP contribution is 2.28. The van der Waals surface area contributed by atoms with Gasteiger partial charge in [-0.15, -0.1) is 0 Å². The Bertz CT molecular complexity index is 777. The van der Waals surface area contributed by atoms with Crippen LogP contribution in [0.25, 0.3) is 0 Å². The van der Waals surface area contributed by atoms with Gasteiger partial charge in [0.25, 0.3) is 0 Å². The van der Waals surface area contributed by atoms with Crippen molar-refractivity contribution in [1.82, 2.24) is 10.3 Å². The Kier molecular flexibility index (Phi) is 8.05. The predicted molar refractivity (Wildman–Crippen MR) is 114 cm³/mol. The number of hydrogen-bond donors (Lipinski definition) is 1. The zero-order valence-electron chi connectivity index (χ0n) is 16.9. The van der Waals surface area contributed by atoms with Crippen molar-refractivity contribution in [3.05, 3.63) is 59.4 Å². The molecule has 1 aromatic heterocycles. The molecule has 0 aliphatic carbocycles. The highest BCUT2D eigenvalue weighted by Gasteiger charge is 2.33. The SMILES string of the molecule is CCc1ccc(C(C)COc2ccc(CC(C)(SC=O)C(=O)NC)cc2)nc1. The third-order valence-electron chi connectivity index (χ3n) is 4.74. The number of carbonyl (C=O) groups excluding carboxylic acids is 2. The second-order valence-electron chi connectivity index (χ2n) is 7.00. The maximum Gasteiger partial charge on any atom is 0.236 e. The number of carbonyl (C=O) groups is 2. The summed E-state index contributed by atoms with van der Waals surface area (Å²) in [7, 11) is 1.58. The number of aryl methyl sites for hydroxylation is 1. The molecule has 0 aliphatic heterocycles. The summed E-state index contributed by atoms with van der Waals surface area (Å²) in [5, 5.41) is 2.63. The fraction of sp³-hybridized carbons (Fsp3) is 0.409. The molecule has 0 saturated carbocycles. The first-order chi connectivity index (χ1) is 13.4. The minimum atomic E-state index is -0.830. The largest absolute Gasteiger partial charge is 0.493 e. The Morgan fingerprint density at radius 1 is 1.25 bits per heavy atom. The van der Waals surface area contributed by atoms with Gasteiger partial charge in [0.2, 0.25) is 5.91 Å². The number of pyridine rings is 1. The quantitative estimate of drug-likeness (QED) is 0.615. The minimum Gasteiger partial charge on any atom is -0.493 e. The van der Waals surface area contributed by atoms with Gasteiger partial charge < -0.3 is 10.1 Å². The fourth-order valence-electron chi connectivity index (χ4n) is 2.88. The van der Waals surface area contributed by atoms with Gasteiger partial charge in [0, 0.05) is 24.9 Å². The van der Waals surface area contributed by atoms with Crippen LogP contribution in [0.3, 0.4) is 0 Å². The molecule has 0 spiro atoms. The van der Waals surface area contributed by atoms with Crippen LogP contribution in [0.5, 0.6) is 5.75 Å². The molecule has 0 fully saturated rings. The number of aromatic nitrogens is 1. The topological polar surface area (TPSA) is 68.3 Å². The van der Waals surface area contributed by atoms with E-state index in [0.29, 0.717) is 13.0 Å². The van der Waals surface area contributed by atoms with Crippen LogP contribution in [0, 0.1) is 0 Å². The molecule has 0 bridgehead atoms. The average Bonchev–Trinajstić information content (AvgIpc) is 2.72. The normalized spacial score (nSPS) is 14.0. The van der Waals surface area contributed by atoms with Crippen LogP contribution in [-0.4, -0.2) is 34.9 Å². The van der Waals surface area contributed by atoms with Crippen LogP contribution in [-0.2, 0) is 22.4 Å². The number of nitrogens with one attached hydrogen (secondary N) is 1. The zero-order valence-corrected chi connectivity index (χ0v) is 17.7. The van der Waals surface area contributed by atoms with E-state index < -0.39 is 4.75 Å². The Labute approximate surface area is 171 Å². The van der Waals surface area contributed by atoms with Gasteiger partial charge in [-0.2, -0.15) is 0 Å². The second kappa shape index (κ2) is 10.3. The summed E-state index contributed by atoms with van der Waals surface area (Å²) in [4.78, 5) is 27.6. The summed E-state index contributed by atoms with van der Waals surface area (Å²) in [5.74, 6) is 0.789. The Morgan fingerprint density at radius 2 is 1.93 bits per heavy atom. The van der Waals surface area contributed by atoms with E-state index in [4.69, 9.17) is 4.74 Å². The minimum absolute atomic E-state index is 0.166. The van der Waals surface area contributed by atoms with E-state index in [1.54, 1.807) is 14.0 Å². The van der Waals surface area contributed by atoms with Crippen LogP contribution >= 0.6 is 11.8 Å². The number of nitrogens with zero attached hydrogens (tertiary/aromatic N) is 1. The Hall–Kier alpha value is -2.34. The fourth-order valence-corrected chi connectivity index (χ4v) is 3.55. The Morgan fingerprint density at radius 3 is 2.46 bits per heavy atom. The van der Waals surface area contributed by atoms with E-state index in [1.807, 2.05) is 30.5 Å². The van der Waals surface area contributed by atoms with Crippen molar-refractivity contribution in [1.29, 1.82) is 0 Å². The highest BCUT2D eigenvalue weighted by atomic mass is 32.2.